The van der Waals surface area contributed by atoms with E-state index in [2.05, 4.69) is 10.6 Å². The molecule has 1 atom stereocenters. The van der Waals surface area contributed by atoms with Crippen LogP contribution in [0.3, 0.4) is 0 Å². The van der Waals surface area contributed by atoms with E-state index >= 15 is 0 Å². The molecule has 2 N–H and O–H groups in total. The zero-order valence-electron chi connectivity index (χ0n) is 18.4. The van der Waals surface area contributed by atoms with Crippen molar-refractivity contribution in [3.63, 3.8) is 0 Å². The van der Waals surface area contributed by atoms with E-state index in [0.717, 1.165) is 18.4 Å². The Morgan fingerprint density at radius 1 is 1.19 bits per heavy atom. The molecule has 9 nitrogen and oxygen atoms in total. The first-order chi connectivity index (χ1) is 14.9. The van der Waals surface area contributed by atoms with Gasteiger partial charge >= 0.3 is 6.03 Å². The van der Waals surface area contributed by atoms with Crippen LogP contribution in [-0.2, 0) is 14.3 Å². The van der Waals surface area contributed by atoms with Gasteiger partial charge in [-0.1, -0.05) is 18.9 Å². The van der Waals surface area contributed by atoms with Crippen molar-refractivity contribution in [3.05, 3.63) is 23.8 Å². The zero-order valence-corrected chi connectivity index (χ0v) is 18.4. The van der Waals surface area contributed by atoms with Crippen LogP contribution in [0, 0.1) is 0 Å². The molecule has 1 aliphatic heterocycles. The normalized spacial score (nSPS) is 18.2. The van der Waals surface area contributed by atoms with Gasteiger partial charge in [0.25, 0.3) is 5.91 Å². The maximum atomic E-state index is 12.7. The number of imide groups is 1. The van der Waals surface area contributed by atoms with Crippen LogP contribution in [0.1, 0.15) is 50.6 Å². The Morgan fingerprint density at radius 3 is 2.61 bits per heavy atom. The third-order valence-corrected chi connectivity index (χ3v) is 5.88. The van der Waals surface area contributed by atoms with E-state index in [0.29, 0.717) is 37.6 Å². The summed E-state index contributed by atoms with van der Waals surface area (Å²) < 4.78 is 16.0. The molecule has 2 fully saturated rings. The fourth-order valence-electron chi connectivity index (χ4n) is 4.11. The number of nitrogens with one attached hydrogen (secondary N) is 2. The first kappa shape index (κ1) is 22.9. The molecule has 0 aromatic heterocycles. The van der Waals surface area contributed by atoms with Crippen LogP contribution in [-0.4, -0.2) is 62.3 Å². The molecule has 1 aromatic rings. The lowest BCUT2D eigenvalue weighted by atomic mass is 9.98. The van der Waals surface area contributed by atoms with Gasteiger partial charge in [0.1, 0.15) is 12.1 Å². The van der Waals surface area contributed by atoms with Crippen molar-refractivity contribution in [3.8, 4) is 11.5 Å². The maximum absolute atomic E-state index is 12.7. The molecule has 1 saturated carbocycles. The summed E-state index contributed by atoms with van der Waals surface area (Å²) in [5.74, 6) is 0.724. The molecule has 1 saturated heterocycles. The van der Waals surface area contributed by atoms with Crippen molar-refractivity contribution in [2.45, 2.75) is 50.6 Å². The van der Waals surface area contributed by atoms with E-state index in [1.807, 2.05) is 19.1 Å². The fourth-order valence-corrected chi connectivity index (χ4v) is 4.11. The Balaban J connectivity index is 1.53. The Bertz CT molecular complexity index is 821. The average Bonchev–Trinajstić information content (AvgIpc) is 3.31. The summed E-state index contributed by atoms with van der Waals surface area (Å²) in [5, 5.41) is 5.74. The lowest BCUT2D eigenvalue weighted by Gasteiger charge is -2.20. The standard InChI is InChI=1S/C22H31N3O6/c1-15(16-6-7-17(18(14-16)30-3)31-13-12-29-2)23-19(26)8-11-25-20(27)22(24-21(25)28)9-4-5-10-22/h6-7,14-15H,4-5,8-13H2,1-3H3,(H,23,26)(H,24,28). The van der Waals surface area contributed by atoms with Gasteiger partial charge in [0.15, 0.2) is 11.5 Å². The predicted molar refractivity (Wildman–Crippen MR) is 113 cm³/mol. The molecular formula is C22H31N3O6. The van der Waals surface area contributed by atoms with E-state index in [4.69, 9.17) is 14.2 Å². The van der Waals surface area contributed by atoms with Gasteiger partial charge in [0.05, 0.1) is 19.8 Å². The molecule has 0 radical (unpaired) electrons. The number of methoxy groups -OCH3 is 2. The highest BCUT2D eigenvalue weighted by atomic mass is 16.5. The topological polar surface area (TPSA) is 106 Å². The molecule has 0 bridgehead atoms. The van der Waals surface area contributed by atoms with Crippen LogP contribution >= 0.6 is 0 Å². The van der Waals surface area contributed by atoms with Crippen molar-refractivity contribution >= 4 is 17.8 Å². The molecule has 4 amide bonds. The number of hydrogen-bond acceptors (Lipinski definition) is 6. The smallest absolute Gasteiger partial charge is 0.325 e. The zero-order chi connectivity index (χ0) is 22.4. The van der Waals surface area contributed by atoms with Crippen LogP contribution < -0.4 is 20.1 Å². The van der Waals surface area contributed by atoms with Gasteiger partial charge < -0.3 is 24.8 Å². The second-order valence-corrected chi connectivity index (χ2v) is 7.97. The van der Waals surface area contributed by atoms with Gasteiger partial charge in [0.2, 0.25) is 5.91 Å². The number of amides is 4. The molecule has 1 heterocycles. The van der Waals surface area contributed by atoms with Crippen LogP contribution in [0.5, 0.6) is 11.5 Å². The molecule has 1 aromatic carbocycles. The van der Waals surface area contributed by atoms with E-state index < -0.39 is 11.6 Å². The first-order valence-corrected chi connectivity index (χ1v) is 10.6. The molecule has 2 aliphatic rings. The van der Waals surface area contributed by atoms with Gasteiger partial charge in [-0.3, -0.25) is 14.5 Å². The third kappa shape index (κ3) is 5.10. The monoisotopic (exact) mass is 433 g/mol. The molecule has 9 heteroatoms. The minimum absolute atomic E-state index is 0.0505. The second kappa shape index (κ2) is 10.00. The highest BCUT2D eigenvalue weighted by molar-refractivity contribution is 6.07. The molecule has 31 heavy (non-hydrogen) atoms. The van der Waals surface area contributed by atoms with Crippen molar-refractivity contribution < 1.29 is 28.6 Å². The average molecular weight is 434 g/mol. The van der Waals surface area contributed by atoms with E-state index in [9.17, 15) is 14.4 Å². The first-order valence-electron chi connectivity index (χ1n) is 10.6. The Morgan fingerprint density at radius 2 is 1.94 bits per heavy atom. The summed E-state index contributed by atoms with van der Waals surface area (Å²) in [7, 11) is 3.16. The highest BCUT2D eigenvalue weighted by Crippen LogP contribution is 2.35. The van der Waals surface area contributed by atoms with Crippen LogP contribution in [0.2, 0.25) is 0 Å². The molecular weight excluding hydrogens is 402 g/mol. The number of rotatable bonds is 10. The number of ether oxygens (including phenoxy) is 3. The van der Waals surface area contributed by atoms with Crippen LogP contribution in [0.25, 0.3) is 0 Å². The van der Waals surface area contributed by atoms with Crippen molar-refractivity contribution in [1.82, 2.24) is 15.5 Å². The number of carbonyl (C=O) groups is 3. The third-order valence-electron chi connectivity index (χ3n) is 5.88. The number of carbonyl (C=O) groups excluding carboxylic acids is 3. The van der Waals surface area contributed by atoms with Crippen LogP contribution in [0.15, 0.2) is 18.2 Å². The fraction of sp³-hybridized carbons (Fsp3) is 0.591. The van der Waals surface area contributed by atoms with Crippen molar-refractivity contribution in [2.75, 3.05) is 34.0 Å². The lowest BCUT2D eigenvalue weighted by Crippen LogP contribution is -2.44. The van der Waals surface area contributed by atoms with E-state index in [1.165, 1.54) is 4.90 Å². The van der Waals surface area contributed by atoms with Gasteiger partial charge in [-0.25, -0.2) is 4.79 Å². The summed E-state index contributed by atoms with van der Waals surface area (Å²) in [5.41, 5.74) is 0.106. The Kier molecular flexibility index (Phi) is 7.37. The summed E-state index contributed by atoms with van der Waals surface area (Å²) in [4.78, 5) is 38.5. The molecule has 1 unspecified atom stereocenters. The minimum Gasteiger partial charge on any atom is -0.493 e. The van der Waals surface area contributed by atoms with Crippen molar-refractivity contribution in [2.24, 2.45) is 0 Å². The highest BCUT2D eigenvalue weighted by Gasteiger charge is 2.52. The summed E-state index contributed by atoms with van der Waals surface area (Å²) in [6.07, 6.45) is 3.25. The largest absolute Gasteiger partial charge is 0.493 e. The van der Waals surface area contributed by atoms with E-state index in [1.54, 1.807) is 20.3 Å². The quantitative estimate of drug-likeness (QED) is 0.433. The number of hydrogen-bond donors (Lipinski definition) is 2. The summed E-state index contributed by atoms with van der Waals surface area (Å²) in [6, 6.07) is 4.78. The number of urea groups is 1. The lowest BCUT2D eigenvalue weighted by molar-refractivity contribution is -0.131. The van der Waals surface area contributed by atoms with Gasteiger partial charge in [-0.05, 0) is 37.5 Å². The summed E-state index contributed by atoms with van der Waals surface area (Å²) in [6.45, 7) is 2.80. The second-order valence-electron chi connectivity index (χ2n) is 7.97. The van der Waals surface area contributed by atoms with Gasteiger partial charge in [-0.15, -0.1) is 0 Å². The Labute approximate surface area is 182 Å². The predicted octanol–water partition coefficient (Wildman–Crippen LogP) is 2.15. The molecule has 1 spiro atoms. The summed E-state index contributed by atoms with van der Waals surface area (Å²) >= 11 is 0. The number of nitrogens with zero attached hydrogens (tertiary/aromatic N) is 1. The molecule has 170 valence electrons. The molecule has 3 rings (SSSR count). The number of benzene rings is 1. The maximum Gasteiger partial charge on any atom is 0.325 e. The molecule has 1 aliphatic carbocycles. The van der Waals surface area contributed by atoms with Crippen LogP contribution in [0.4, 0.5) is 4.79 Å². The van der Waals surface area contributed by atoms with Gasteiger partial charge in [0, 0.05) is 20.1 Å². The minimum atomic E-state index is -0.746. The van der Waals surface area contributed by atoms with Crippen molar-refractivity contribution in [1.29, 1.82) is 0 Å². The van der Waals surface area contributed by atoms with Gasteiger partial charge in [-0.2, -0.15) is 0 Å². The van der Waals surface area contributed by atoms with E-state index in [-0.39, 0.29) is 30.8 Å². The SMILES string of the molecule is COCCOc1ccc(C(C)NC(=O)CCN2C(=O)NC3(CCCC3)C2=O)cc1OC. The Hall–Kier alpha value is -2.81.